The third kappa shape index (κ3) is 6.12. The largest absolute Gasteiger partial charge is 0.317 e. The zero-order valence-electron chi connectivity index (χ0n) is 11.0. The summed E-state index contributed by atoms with van der Waals surface area (Å²) in [6.07, 6.45) is 5.28. The lowest BCUT2D eigenvalue weighted by molar-refractivity contribution is 0.275. The van der Waals surface area contributed by atoms with Crippen molar-refractivity contribution in [3.63, 3.8) is 0 Å². The number of rotatable bonds is 8. The van der Waals surface area contributed by atoms with Crippen molar-refractivity contribution in [3.05, 3.63) is 0 Å². The first-order valence-corrected chi connectivity index (χ1v) is 7.96. The molecule has 0 aromatic heterocycles. The zero-order valence-corrected chi connectivity index (χ0v) is 11.8. The summed E-state index contributed by atoms with van der Waals surface area (Å²) in [5.74, 6) is 1.34. The quantitative estimate of drug-likeness (QED) is 0.661. The molecule has 2 nitrogen and oxygen atoms in total. The molecule has 1 N–H and O–H groups in total. The molecular weight excluding hydrogens is 216 g/mol. The van der Waals surface area contributed by atoms with Gasteiger partial charge in [0.2, 0.25) is 0 Å². The topological polar surface area (TPSA) is 15.3 Å². The molecule has 1 fully saturated rings. The Morgan fingerprint density at radius 1 is 1.25 bits per heavy atom. The SMILES string of the molecule is CCCNCCCCN1CCSC(CC)C1. The lowest BCUT2D eigenvalue weighted by Gasteiger charge is -2.31. The number of nitrogens with zero attached hydrogens (tertiary/aromatic N) is 1. The van der Waals surface area contributed by atoms with E-state index in [9.17, 15) is 0 Å². The Labute approximate surface area is 106 Å². The van der Waals surface area contributed by atoms with Gasteiger partial charge in [0, 0.05) is 24.1 Å². The Bertz CT molecular complexity index is 164. The van der Waals surface area contributed by atoms with Gasteiger partial charge >= 0.3 is 0 Å². The van der Waals surface area contributed by atoms with Gasteiger partial charge < -0.3 is 10.2 Å². The molecule has 1 aliphatic rings. The second-order valence-corrected chi connectivity index (χ2v) is 6.07. The summed E-state index contributed by atoms with van der Waals surface area (Å²) in [5, 5.41) is 4.37. The molecule has 16 heavy (non-hydrogen) atoms. The number of thioether (sulfide) groups is 1. The van der Waals surface area contributed by atoms with Crippen LogP contribution in [0.25, 0.3) is 0 Å². The van der Waals surface area contributed by atoms with Crippen LogP contribution in [0.1, 0.15) is 39.5 Å². The number of hydrogen-bond acceptors (Lipinski definition) is 3. The summed E-state index contributed by atoms with van der Waals surface area (Å²) in [7, 11) is 0. The van der Waals surface area contributed by atoms with Gasteiger partial charge in [-0.3, -0.25) is 0 Å². The molecule has 1 unspecified atom stereocenters. The van der Waals surface area contributed by atoms with Gasteiger partial charge in [-0.1, -0.05) is 13.8 Å². The van der Waals surface area contributed by atoms with Crippen molar-refractivity contribution in [2.75, 3.05) is 38.5 Å². The molecule has 1 aliphatic heterocycles. The van der Waals surface area contributed by atoms with E-state index in [1.807, 2.05) is 0 Å². The molecule has 1 heterocycles. The first-order chi connectivity index (χ1) is 7.86. The van der Waals surface area contributed by atoms with Gasteiger partial charge in [-0.15, -0.1) is 0 Å². The molecule has 0 aromatic carbocycles. The van der Waals surface area contributed by atoms with Crippen molar-refractivity contribution in [2.45, 2.75) is 44.8 Å². The van der Waals surface area contributed by atoms with E-state index >= 15 is 0 Å². The van der Waals surface area contributed by atoms with Crippen molar-refractivity contribution in [2.24, 2.45) is 0 Å². The van der Waals surface area contributed by atoms with Gasteiger partial charge in [0.25, 0.3) is 0 Å². The molecule has 0 saturated carbocycles. The van der Waals surface area contributed by atoms with Crippen LogP contribution in [-0.2, 0) is 0 Å². The van der Waals surface area contributed by atoms with E-state index in [2.05, 4.69) is 35.8 Å². The van der Waals surface area contributed by atoms with Gasteiger partial charge in [-0.25, -0.2) is 0 Å². The highest BCUT2D eigenvalue weighted by molar-refractivity contribution is 8.00. The highest BCUT2D eigenvalue weighted by atomic mass is 32.2. The first-order valence-electron chi connectivity index (χ1n) is 6.91. The van der Waals surface area contributed by atoms with Crippen LogP contribution in [0.15, 0.2) is 0 Å². The average Bonchev–Trinajstić information content (AvgIpc) is 2.34. The highest BCUT2D eigenvalue weighted by Crippen LogP contribution is 2.20. The van der Waals surface area contributed by atoms with E-state index in [0.29, 0.717) is 0 Å². The van der Waals surface area contributed by atoms with Crippen molar-refractivity contribution in [3.8, 4) is 0 Å². The summed E-state index contributed by atoms with van der Waals surface area (Å²) < 4.78 is 0. The smallest absolute Gasteiger partial charge is 0.0172 e. The molecule has 0 bridgehead atoms. The molecule has 0 spiro atoms. The van der Waals surface area contributed by atoms with Gasteiger partial charge in [0.1, 0.15) is 0 Å². The van der Waals surface area contributed by atoms with E-state index in [-0.39, 0.29) is 0 Å². The molecule has 3 heteroatoms. The molecule has 1 atom stereocenters. The summed E-state index contributed by atoms with van der Waals surface area (Å²) in [4.78, 5) is 2.66. The number of unbranched alkanes of at least 4 members (excludes halogenated alkanes) is 1. The van der Waals surface area contributed by atoms with Crippen LogP contribution in [0.5, 0.6) is 0 Å². The lowest BCUT2D eigenvalue weighted by Crippen LogP contribution is -2.38. The molecule has 96 valence electrons. The minimum atomic E-state index is 0.895. The van der Waals surface area contributed by atoms with Crippen molar-refractivity contribution in [1.82, 2.24) is 10.2 Å². The van der Waals surface area contributed by atoms with Crippen molar-refractivity contribution < 1.29 is 0 Å². The van der Waals surface area contributed by atoms with Crippen LogP contribution >= 0.6 is 11.8 Å². The maximum atomic E-state index is 3.47. The minimum absolute atomic E-state index is 0.895. The van der Waals surface area contributed by atoms with Crippen LogP contribution in [0.2, 0.25) is 0 Å². The fourth-order valence-electron chi connectivity index (χ4n) is 2.12. The molecular formula is C13H28N2S. The van der Waals surface area contributed by atoms with Crippen LogP contribution in [0.4, 0.5) is 0 Å². The minimum Gasteiger partial charge on any atom is -0.317 e. The zero-order chi connectivity index (χ0) is 11.6. The van der Waals surface area contributed by atoms with Crippen LogP contribution < -0.4 is 5.32 Å². The number of nitrogens with one attached hydrogen (secondary N) is 1. The van der Waals surface area contributed by atoms with E-state index in [4.69, 9.17) is 0 Å². The van der Waals surface area contributed by atoms with Gasteiger partial charge in [0.05, 0.1) is 0 Å². The molecule has 1 rings (SSSR count). The predicted molar refractivity (Wildman–Crippen MR) is 75.4 cm³/mol. The number of hydrogen-bond donors (Lipinski definition) is 1. The molecule has 0 amide bonds. The monoisotopic (exact) mass is 244 g/mol. The van der Waals surface area contributed by atoms with Gasteiger partial charge in [-0.2, -0.15) is 11.8 Å². The van der Waals surface area contributed by atoms with Gasteiger partial charge in [0.15, 0.2) is 0 Å². The van der Waals surface area contributed by atoms with E-state index < -0.39 is 0 Å². The van der Waals surface area contributed by atoms with E-state index in [0.717, 1.165) is 5.25 Å². The second-order valence-electron chi connectivity index (χ2n) is 4.66. The average molecular weight is 244 g/mol. The third-order valence-corrected chi connectivity index (χ3v) is 4.56. The Hall–Kier alpha value is 0.270. The normalized spacial score (nSPS) is 22.5. The Balaban J connectivity index is 1.95. The van der Waals surface area contributed by atoms with Crippen LogP contribution in [0.3, 0.4) is 0 Å². The molecule has 1 saturated heterocycles. The van der Waals surface area contributed by atoms with E-state index in [1.54, 1.807) is 0 Å². The van der Waals surface area contributed by atoms with Gasteiger partial charge in [-0.05, 0) is 45.3 Å². The van der Waals surface area contributed by atoms with Crippen molar-refractivity contribution in [1.29, 1.82) is 0 Å². The Morgan fingerprint density at radius 2 is 2.12 bits per heavy atom. The Kier molecular flexibility index (Phi) is 8.34. The third-order valence-electron chi connectivity index (χ3n) is 3.18. The maximum Gasteiger partial charge on any atom is 0.0172 e. The lowest BCUT2D eigenvalue weighted by atomic mass is 10.2. The van der Waals surface area contributed by atoms with Crippen LogP contribution in [-0.4, -0.2) is 48.6 Å². The van der Waals surface area contributed by atoms with Crippen molar-refractivity contribution >= 4 is 11.8 Å². The summed E-state index contributed by atoms with van der Waals surface area (Å²) >= 11 is 2.16. The first kappa shape index (κ1) is 14.3. The Morgan fingerprint density at radius 3 is 2.88 bits per heavy atom. The molecule has 0 aromatic rings. The molecule has 0 radical (unpaired) electrons. The fraction of sp³-hybridized carbons (Fsp3) is 1.00. The second kappa shape index (κ2) is 9.32. The van der Waals surface area contributed by atoms with E-state index in [1.165, 1.54) is 64.2 Å². The molecule has 0 aliphatic carbocycles. The summed E-state index contributed by atoms with van der Waals surface area (Å²) in [5.41, 5.74) is 0. The summed E-state index contributed by atoms with van der Waals surface area (Å²) in [6.45, 7) is 10.9. The van der Waals surface area contributed by atoms with Crippen LogP contribution in [0, 0.1) is 0 Å². The fourth-order valence-corrected chi connectivity index (χ4v) is 3.37. The highest BCUT2D eigenvalue weighted by Gasteiger charge is 2.17. The standard InChI is InChI=1S/C13H28N2S/c1-3-7-14-8-5-6-9-15-10-11-16-13(4-2)12-15/h13-14H,3-12H2,1-2H3. The summed E-state index contributed by atoms with van der Waals surface area (Å²) in [6, 6.07) is 0. The maximum absolute atomic E-state index is 3.47. The predicted octanol–water partition coefficient (Wildman–Crippen LogP) is 2.59.